The van der Waals surface area contributed by atoms with E-state index in [0.29, 0.717) is 26.1 Å². The number of likely N-dealkylation sites (tertiary alicyclic amines) is 1. The summed E-state index contributed by atoms with van der Waals surface area (Å²) < 4.78 is 0.669. The molecule has 4 amide bonds. The largest absolute Gasteiger partial charge is 0.508 e. The number of Topliss-reactive ketones (excluding diaryl/α,β-unsaturated/α-hetero) is 1. The van der Waals surface area contributed by atoms with Crippen LogP contribution in [0.4, 0.5) is 4.79 Å². The number of hydrogen-bond acceptors (Lipinski definition) is 6. The van der Waals surface area contributed by atoms with Crippen molar-refractivity contribution in [2.45, 2.75) is 25.7 Å². The molecule has 0 aromatic heterocycles. The van der Waals surface area contributed by atoms with E-state index in [1.165, 1.54) is 12.1 Å². The number of allylic oxidation sites excluding steroid dienone is 6. The van der Waals surface area contributed by atoms with Crippen LogP contribution in [0.25, 0.3) is 0 Å². The van der Waals surface area contributed by atoms with Gasteiger partial charge < -0.3 is 10.8 Å². The maximum atomic E-state index is 13.3. The molecule has 4 aliphatic rings. The second-order valence-electron chi connectivity index (χ2n) is 8.78. The lowest BCUT2D eigenvalue weighted by atomic mass is 9.59. The molecule has 9 heteroatoms. The van der Waals surface area contributed by atoms with Crippen molar-refractivity contribution in [1.82, 2.24) is 4.90 Å². The maximum absolute atomic E-state index is 13.3. The molecule has 168 valence electrons. The molecule has 0 bridgehead atoms. The minimum atomic E-state index is -1.12. The van der Waals surface area contributed by atoms with Crippen LogP contribution in [0.2, 0.25) is 0 Å². The quantitative estimate of drug-likeness (QED) is 0.338. The number of benzene rings is 1. The molecule has 5 rings (SSSR count). The Hall–Kier alpha value is -3.33. The highest BCUT2D eigenvalue weighted by molar-refractivity contribution is 9.10. The van der Waals surface area contributed by atoms with E-state index in [1.807, 2.05) is 6.08 Å². The van der Waals surface area contributed by atoms with Crippen molar-refractivity contribution < 1.29 is 29.1 Å². The molecule has 8 nitrogen and oxygen atoms in total. The van der Waals surface area contributed by atoms with E-state index in [0.717, 1.165) is 0 Å². The van der Waals surface area contributed by atoms with E-state index in [1.54, 1.807) is 19.1 Å². The van der Waals surface area contributed by atoms with Crippen molar-refractivity contribution >= 4 is 45.3 Å². The van der Waals surface area contributed by atoms with Gasteiger partial charge in [0.25, 0.3) is 0 Å². The maximum Gasteiger partial charge on any atom is 0.328 e. The van der Waals surface area contributed by atoms with E-state index in [2.05, 4.69) is 15.9 Å². The van der Waals surface area contributed by atoms with Gasteiger partial charge in [-0.2, -0.15) is 4.90 Å². The Morgan fingerprint density at radius 3 is 2.58 bits per heavy atom. The molecule has 0 radical (unpaired) electrons. The van der Waals surface area contributed by atoms with Crippen molar-refractivity contribution in [3.05, 3.63) is 62.7 Å². The number of phenols is 1. The number of carbonyl (C=O) groups is 5. The van der Waals surface area contributed by atoms with Crippen LogP contribution in [0.15, 0.2) is 57.1 Å². The second-order valence-corrected chi connectivity index (χ2v) is 9.70. The van der Waals surface area contributed by atoms with Gasteiger partial charge in [-0.15, -0.1) is 0 Å². The van der Waals surface area contributed by atoms with Gasteiger partial charge in [0.2, 0.25) is 11.8 Å². The first-order valence-corrected chi connectivity index (χ1v) is 11.3. The average molecular weight is 511 g/mol. The van der Waals surface area contributed by atoms with Gasteiger partial charge in [-0.05, 0) is 50.0 Å². The highest BCUT2D eigenvalue weighted by Gasteiger charge is 2.57. The zero-order chi connectivity index (χ0) is 23.8. The standard InChI is InChI=1S/C24H19BrN2O6/c1-9-6-17(29)15-8-13-11(3-4-12-19(13)23(32)27(22(12)31)24(26)33)18(20(15)21(9)30)14-7-10(25)2-5-16(14)28/h2-3,5-7,12-13,18-19,28H,4,8H2,1H3,(H2,26,33)/t12-,13+,18+,19-/m0/s1. The molecule has 3 aliphatic carbocycles. The van der Waals surface area contributed by atoms with Gasteiger partial charge in [0, 0.05) is 32.7 Å². The summed E-state index contributed by atoms with van der Waals surface area (Å²) in [6.07, 6.45) is 3.37. The van der Waals surface area contributed by atoms with Gasteiger partial charge in [0.1, 0.15) is 5.75 Å². The number of phenolic OH excluding ortho intramolecular Hbond substituents is 1. The van der Waals surface area contributed by atoms with Crippen LogP contribution >= 0.6 is 15.9 Å². The predicted molar refractivity (Wildman–Crippen MR) is 119 cm³/mol. The minimum absolute atomic E-state index is 0.0567. The number of hydrogen-bond donors (Lipinski definition) is 2. The second kappa shape index (κ2) is 7.34. The number of carbonyl (C=O) groups excluding carboxylic acids is 5. The first-order valence-electron chi connectivity index (χ1n) is 10.5. The third kappa shape index (κ3) is 2.98. The number of amides is 4. The zero-order valence-electron chi connectivity index (χ0n) is 17.5. The van der Waals surface area contributed by atoms with Crippen molar-refractivity contribution in [2.75, 3.05) is 0 Å². The molecule has 1 aromatic rings. The highest BCUT2D eigenvalue weighted by atomic mass is 79.9. The summed E-state index contributed by atoms with van der Waals surface area (Å²) in [7, 11) is 0. The number of nitrogens with two attached hydrogens (primary N) is 1. The summed E-state index contributed by atoms with van der Waals surface area (Å²) in [5, 5.41) is 10.7. The molecular weight excluding hydrogens is 492 g/mol. The number of imide groups is 3. The first-order chi connectivity index (χ1) is 15.6. The summed E-state index contributed by atoms with van der Waals surface area (Å²) in [6.45, 7) is 1.57. The number of fused-ring (bicyclic) bond motifs is 3. The zero-order valence-corrected chi connectivity index (χ0v) is 19.1. The van der Waals surface area contributed by atoms with E-state index in [4.69, 9.17) is 5.73 Å². The van der Waals surface area contributed by atoms with Gasteiger partial charge >= 0.3 is 6.03 Å². The third-order valence-corrected chi connectivity index (χ3v) is 7.58. The number of rotatable bonds is 1. The smallest absolute Gasteiger partial charge is 0.328 e. The molecule has 1 aromatic carbocycles. The molecule has 1 saturated heterocycles. The van der Waals surface area contributed by atoms with Crippen LogP contribution in [0.5, 0.6) is 5.75 Å². The fourth-order valence-corrected chi connectivity index (χ4v) is 6.07. The van der Waals surface area contributed by atoms with Crippen LogP contribution in [0.1, 0.15) is 31.2 Å². The molecule has 0 spiro atoms. The van der Waals surface area contributed by atoms with E-state index >= 15 is 0 Å². The third-order valence-electron chi connectivity index (χ3n) is 7.09. The van der Waals surface area contributed by atoms with Crippen molar-refractivity contribution in [2.24, 2.45) is 23.5 Å². The Kier molecular flexibility index (Phi) is 4.79. The van der Waals surface area contributed by atoms with Crippen LogP contribution < -0.4 is 5.73 Å². The average Bonchev–Trinajstić information content (AvgIpc) is 3.02. The number of primary amides is 1. The number of halogens is 1. The van der Waals surface area contributed by atoms with Crippen LogP contribution in [0.3, 0.4) is 0 Å². The molecule has 4 atom stereocenters. The predicted octanol–water partition coefficient (Wildman–Crippen LogP) is 2.66. The SMILES string of the molecule is CC1=CC(=O)C2=C(C1=O)[C@@H](c1cc(Br)ccc1O)C1=CC[C@@H]3C(=O)N(C(N)=O)C(=O)[C@@H]3[C@@H]1C2. The molecule has 33 heavy (non-hydrogen) atoms. The summed E-state index contributed by atoms with van der Waals surface area (Å²) in [4.78, 5) is 64.4. The van der Waals surface area contributed by atoms with Crippen LogP contribution in [-0.4, -0.2) is 39.4 Å². The molecule has 3 N–H and O–H groups in total. The topological polar surface area (TPSA) is 135 Å². The molecule has 0 unspecified atom stereocenters. The lowest BCUT2D eigenvalue weighted by molar-refractivity contribution is -0.136. The van der Waals surface area contributed by atoms with Gasteiger partial charge in [-0.3, -0.25) is 19.2 Å². The molecule has 0 saturated carbocycles. The van der Waals surface area contributed by atoms with E-state index in [-0.39, 0.29) is 41.3 Å². The normalized spacial score (nSPS) is 28.8. The first kappa shape index (κ1) is 21.5. The molecule has 1 heterocycles. The monoisotopic (exact) mass is 510 g/mol. The number of aromatic hydroxyl groups is 1. The summed E-state index contributed by atoms with van der Waals surface area (Å²) >= 11 is 3.40. The van der Waals surface area contributed by atoms with Crippen LogP contribution in [-0.2, 0) is 19.2 Å². The molecule has 1 aliphatic heterocycles. The number of nitrogens with zero attached hydrogens (tertiary/aromatic N) is 1. The van der Waals surface area contributed by atoms with E-state index in [9.17, 15) is 29.1 Å². The van der Waals surface area contributed by atoms with Crippen molar-refractivity contribution in [3.8, 4) is 5.75 Å². The van der Waals surface area contributed by atoms with E-state index < -0.39 is 41.5 Å². The lowest BCUT2D eigenvalue weighted by Crippen LogP contribution is -2.42. The lowest BCUT2D eigenvalue weighted by Gasteiger charge is -2.42. The molecule has 1 fully saturated rings. The van der Waals surface area contributed by atoms with Crippen molar-refractivity contribution in [1.29, 1.82) is 0 Å². The fraction of sp³-hybridized carbons (Fsp3) is 0.292. The van der Waals surface area contributed by atoms with Gasteiger partial charge in [-0.25, -0.2) is 4.79 Å². The van der Waals surface area contributed by atoms with Crippen molar-refractivity contribution in [3.63, 3.8) is 0 Å². The Balaban J connectivity index is 1.73. The highest BCUT2D eigenvalue weighted by Crippen LogP contribution is 2.56. The van der Waals surface area contributed by atoms with Gasteiger partial charge in [0.15, 0.2) is 11.6 Å². The fourth-order valence-electron chi connectivity index (χ4n) is 5.69. The Morgan fingerprint density at radius 2 is 1.88 bits per heavy atom. The Morgan fingerprint density at radius 1 is 1.15 bits per heavy atom. The Labute approximate surface area is 196 Å². The summed E-state index contributed by atoms with van der Waals surface area (Å²) in [5.74, 6) is -4.98. The Bertz CT molecular complexity index is 1290. The number of ketones is 2. The van der Waals surface area contributed by atoms with Crippen LogP contribution in [0, 0.1) is 17.8 Å². The minimum Gasteiger partial charge on any atom is -0.508 e. The summed E-state index contributed by atoms with van der Waals surface area (Å²) in [5.41, 5.74) is 7.27. The molecular formula is C24H19BrN2O6. The van der Waals surface area contributed by atoms with Gasteiger partial charge in [0.05, 0.1) is 11.8 Å². The number of urea groups is 1. The van der Waals surface area contributed by atoms with Gasteiger partial charge in [-0.1, -0.05) is 27.6 Å². The summed E-state index contributed by atoms with van der Waals surface area (Å²) in [6, 6.07) is 3.71.